The van der Waals surface area contributed by atoms with Gasteiger partial charge >= 0.3 is 5.97 Å². The highest BCUT2D eigenvalue weighted by atomic mass is 16.4. The van der Waals surface area contributed by atoms with Crippen LogP contribution < -0.4 is 5.32 Å². The van der Waals surface area contributed by atoms with Crippen LogP contribution >= 0.6 is 0 Å². The van der Waals surface area contributed by atoms with Gasteiger partial charge in [-0.05, 0) is 20.2 Å². The van der Waals surface area contributed by atoms with Gasteiger partial charge in [0.25, 0.3) is 0 Å². The summed E-state index contributed by atoms with van der Waals surface area (Å²) in [6.07, 6.45) is 0. The standard InChI is InChI=1S/C9H14N2O3/c1-11(2)6-5-10-8-4-3-7(14-8)9(12)13/h3-4,10H,5-6H2,1-2H3,(H,12,13). The van der Waals surface area contributed by atoms with Crippen molar-refractivity contribution < 1.29 is 14.3 Å². The molecule has 0 saturated carbocycles. The fraction of sp³-hybridized carbons (Fsp3) is 0.444. The van der Waals surface area contributed by atoms with E-state index >= 15 is 0 Å². The van der Waals surface area contributed by atoms with Crippen molar-refractivity contribution in [2.24, 2.45) is 0 Å². The zero-order valence-corrected chi connectivity index (χ0v) is 8.28. The monoisotopic (exact) mass is 198 g/mol. The number of nitrogens with zero attached hydrogens (tertiary/aromatic N) is 1. The molecular formula is C9H14N2O3. The van der Waals surface area contributed by atoms with E-state index in [1.807, 2.05) is 19.0 Å². The molecule has 0 atom stereocenters. The Morgan fingerprint density at radius 3 is 2.79 bits per heavy atom. The third kappa shape index (κ3) is 3.10. The molecule has 1 aromatic rings. The van der Waals surface area contributed by atoms with Crippen molar-refractivity contribution in [2.45, 2.75) is 0 Å². The fourth-order valence-electron chi connectivity index (χ4n) is 0.951. The molecule has 2 N–H and O–H groups in total. The van der Waals surface area contributed by atoms with Crippen molar-refractivity contribution in [1.29, 1.82) is 0 Å². The molecular weight excluding hydrogens is 184 g/mol. The highest BCUT2D eigenvalue weighted by Gasteiger charge is 2.07. The molecule has 0 radical (unpaired) electrons. The summed E-state index contributed by atoms with van der Waals surface area (Å²) in [7, 11) is 3.93. The Morgan fingerprint density at radius 2 is 2.29 bits per heavy atom. The van der Waals surface area contributed by atoms with Crippen molar-refractivity contribution >= 4 is 11.9 Å². The molecule has 5 heteroatoms. The summed E-state index contributed by atoms with van der Waals surface area (Å²) in [4.78, 5) is 12.5. The van der Waals surface area contributed by atoms with Crippen molar-refractivity contribution in [3.8, 4) is 0 Å². The maximum Gasteiger partial charge on any atom is 0.371 e. The Labute approximate surface area is 82.3 Å². The van der Waals surface area contributed by atoms with Gasteiger partial charge in [-0.25, -0.2) is 4.79 Å². The highest BCUT2D eigenvalue weighted by molar-refractivity contribution is 5.84. The summed E-state index contributed by atoms with van der Waals surface area (Å²) in [5.41, 5.74) is 0. The minimum absolute atomic E-state index is 0.0441. The van der Waals surface area contributed by atoms with Gasteiger partial charge in [-0.2, -0.15) is 0 Å². The third-order valence-electron chi connectivity index (χ3n) is 1.68. The summed E-state index contributed by atoms with van der Waals surface area (Å²) in [6.45, 7) is 1.59. The summed E-state index contributed by atoms with van der Waals surface area (Å²) >= 11 is 0. The molecule has 1 aromatic heterocycles. The number of hydrogen-bond acceptors (Lipinski definition) is 4. The lowest BCUT2D eigenvalue weighted by atomic mass is 10.4. The molecule has 0 amide bonds. The normalized spacial score (nSPS) is 10.5. The van der Waals surface area contributed by atoms with Crippen LogP contribution in [0.4, 0.5) is 5.88 Å². The van der Waals surface area contributed by atoms with E-state index in [9.17, 15) is 4.79 Å². The van der Waals surface area contributed by atoms with E-state index in [1.54, 1.807) is 6.07 Å². The first-order chi connectivity index (χ1) is 6.59. The Morgan fingerprint density at radius 1 is 1.57 bits per heavy atom. The lowest BCUT2D eigenvalue weighted by Gasteiger charge is -2.09. The van der Waals surface area contributed by atoms with Gasteiger partial charge in [0.15, 0.2) is 5.88 Å². The largest absolute Gasteiger partial charge is 0.475 e. The number of likely N-dealkylation sites (N-methyl/N-ethyl adjacent to an activating group) is 1. The Hall–Kier alpha value is -1.49. The molecule has 0 aromatic carbocycles. The van der Waals surface area contributed by atoms with E-state index in [4.69, 9.17) is 9.52 Å². The number of carboxylic acids is 1. The molecule has 0 aliphatic rings. The number of carboxylic acid groups (broad SMARTS) is 1. The highest BCUT2D eigenvalue weighted by Crippen LogP contribution is 2.12. The van der Waals surface area contributed by atoms with Gasteiger partial charge in [0.2, 0.25) is 5.76 Å². The molecule has 0 bridgehead atoms. The molecule has 0 fully saturated rings. The first-order valence-corrected chi connectivity index (χ1v) is 4.31. The van der Waals surface area contributed by atoms with Crippen molar-refractivity contribution in [2.75, 3.05) is 32.5 Å². The molecule has 1 heterocycles. The van der Waals surface area contributed by atoms with Crippen molar-refractivity contribution in [3.63, 3.8) is 0 Å². The molecule has 0 unspecified atom stereocenters. The van der Waals surface area contributed by atoms with Crippen LogP contribution in [-0.4, -0.2) is 43.2 Å². The van der Waals surface area contributed by atoms with E-state index in [1.165, 1.54) is 6.07 Å². The second-order valence-corrected chi connectivity index (χ2v) is 3.20. The number of furan rings is 1. The van der Waals surface area contributed by atoms with Crippen LogP contribution in [0.3, 0.4) is 0 Å². The lowest BCUT2D eigenvalue weighted by Crippen LogP contribution is -2.20. The van der Waals surface area contributed by atoms with E-state index in [0.717, 1.165) is 13.1 Å². The second-order valence-electron chi connectivity index (χ2n) is 3.20. The Bertz CT molecular complexity index is 307. The van der Waals surface area contributed by atoms with Gasteiger partial charge in [-0.3, -0.25) is 0 Å². The van der Waals surface area contributed by atoms with Gasteiger partial charge in [-0.1, -0.05) is 0 Å². The molecule has 0 spiro atoms. The first kappa shape index (κ1) is 10.6. The van der Waals surface area contributed by atoms with Crippen LogP contribution in [0.15, 0.2) is 16.5 Å². The van der Waals surface area contributed by atoms with Crippen LogP contribution in [0.25, 0.3) is 0 Å². The quantitative estimate of drug-likeness (QED) is 0.737. The van der Waals surface area contributed by atoms with Crippen LogP contribution in [-0.2, 0) is 0 Å². The SMILES string of the molecule is CN(C)CCNc1ccc(C(=O)O)o1. The van der Waals surface area contributed by atoms with Gasteiger partial charge in [-0.15, -0.1) is 0 Å². The van der Waals surface area contributed by atoms with Crippen LogP contribution in [0.2, 0.25) is 0 Å². The minimum atomic E-state index is -1.05. The van der Waals surface area contributed by atoms with E-state index < -0.39 is 5.97 Å². The topological polar surface area (TPSA) is 65.7 Å². The zero-order chi connectivity index (χ0) is 10.6. The van der Waals surface area contributed by atoms with Gasteiger partial charge in [0, 0.05) is 19.2 Å². The molecule has 0 aliphatic carbocycles. The fourth-order valence-corrected chi connectivity index (χ4v) is 0.951. The summed E-state index contributed by atoms with van der Waals surface area (Å²) in [6, 6.07) is 3.04. The number of nitrogens with one attached hydrogen (secondary N) is 1. The zero-order valence-electron chi connectivity index (χ0n) is 8.28. The van der Waals surface area contributed by atoms with E-state index in [2.05, 4.69) is 5.32 Å². The minimum Gasteiger partial charge on any atom is -0.475 e. The smallest absolute Gasteiger partial charge is 0.371 e. The Kier molecular flexibility index (Phi) is 3.53. The molecule has 5 nitrogen and oxygen atoms in total. The van der Waals surface area contributed by atoms with E-state index in [-0.39, 0.29) is 5.76 Å². The third-order valence-corrected chi connectivity index (χ3v) is 1.68. The molecule has 78 valence electrons. The van der Waals surface area contributed by atoms with Crippen LogP contribution in [0.1, 0.15) is 10.6 Å². The van der Waals surface area contributed by atoms with Gasteiger partial charge in [0.05, 0.1) is 0 Å². The molecule has 1 rings (SSSR count). The number of aromatic carboxylic acids is 1. The molecule has 0 aliphatic heterocycles. The maximum absolute atomic E-state index is 10.5. The maximum atomic E-state index is 10.5. The first-order valence-electron chi connectivity index (χ1n) is 4.31. The molecule has 14 heavy (non-hydrogen) atoms. The number of anilines is 1. The summed E-state index contributed by atoms with van der Waals surface area (Å²) in [5, 5.41) is 11.6. The number of carbonyl (C=O) groups is 1. The van der Waals surface area contributed by atoms with E-state index in [0.29, 0.717) is 5.88 Å². The molecule has 0 saturated heterocycles. The van der Waals surface area contributed by atoms with Crippen molar-refractivity contribution in [3.05, 3.63) is 17.9 Å². The predicted octanol–water partition coefficient (Wildman–Crippen LogP) is 0.951. The number of hydrogen-bond donors (Lipinski definition) is 2. The summed E-state index contributed by atoms with van der Waals surface area (Å²) < 4.78 is 5.00. The predicted molar refractivity (Wildman–Crippen MR) is 52.7 cm³/mol. The second kappa shape index (κ2) is 4.66. The van der Waals surface area contributed by atoms with Crippen LogP contribution in [0.5, 0.6) is 0 Å². The van der Waals surface area contributed by atoms with Crippen molar-refractivity contribution in [1.82, 2.24) is 4.90 Å². The Balaban J connectivity index is 2.40. The number of rotatable bonds is 5. The van der Waals surface area contributed by atoms with Gasteiger partial charge < -0.3 is 19.7 Å². The lowest BCUT2D eigenvalue weighted by molar-refractivity contribution is 0.0663. The summed E-state index contributed by atoms with van der Waals surface area (Å²) in [5.74, 6) is -0.604. The average molecular weight is 198 g/mol. The van der Waals surface area contributed by atoms with Gasteiger partial charge in [0.1, 0.15) is 0 Å². The van der Waals surface area contributed by atoms with Crippen LogP contribution in [0, 0.1) is 0 Å². The average Bonchev–Trinajstić information content (AvgIpc) is 2.52.